The summed E-state index contributed by atoms with van der Waals surface area (Å²) in [6.07, 6.45) is 1.86. The van der Waals surface area contributed by atoms with Crippen molar-refractivity contribution in [3.05, 3.63) is 59.7 Å². The first-order valence-corrected chi connectivity index (χ1v) is 8.70. The Morgan fingerprint density at radius 2 is 1.83 bits per heavy atom. The lowest BCUT2D eigenvalue weighted by Gasteiger charge is -2.11. The van der Waals surface area contributed by atoms with E-state index in [1.807, 2.05) is 24.3 Å². The van der Waals surface area contributed by atoms with Gasteiger partial charge < -0.3 is 10.3 Å². The number of hydrogen-bond acceptors (Lipinski definition) is 3. The molecule has 4 nitrogen and oxygen atoms in total. The number of aromatic amines is 1. The Kier molecular flexibility index (Phi) is 3.79. The van der Waals surface area contributed by atoms with Crippen LogP contribution in [0.25, 0.3) is 11.0 Å². The summed E-state index contributed by atoms with van der Waals surface area (Å²) in [5.41, 5.74) is 4.63. The molecule has 2 aromatic carbocycles. The Balaban J connectivity index is 1.32. The Morgan fingerprint density at radius 1 is 1.13 bits per heavy atom. The highest BCUT2D eigenvalue weighted by atomic mass is 32.2. The van der Waals surface area contributed by atoms with Crippen LogP contribution in [0.1, 0.15) is 11.1 Å². The summed E-state index contributed by atoms with van der Waals surface area (Å²) >= 11 is 1.44. The fraction of sp³-hybridized carbons (Fsp3) is 0.222. The summed E-state index contributed by atoms with van der Waals surface area (Å²) in [6.45, 7) is 0. The van der Waals surface area contributed by atoms with E-state index in [1.165, 1.54) is 22.9 Å². The minimum Gasteiger partial charge on any atom is -0.352 e. The van der Waals surface area contributed by atoms with E-state index in [-0.39, 0.29) is 11.9 Å². The van der Waals surface area contributed by atoms with Gasteiger partial charge in [0.1, 0.15) is 0 Å². The molecule has 0 fully saturated rings. The number of aromatic nitrogens is 2. The first kappa shape index (κ1) is 14.3. The number of carbonyl (C=O) groups excluding carboxylic acids is 1. The van der Waals surface area contributed by atoms with Crippen molar-refractivity contribution in [1.29, 1.82) is 0 Å². The van der Waals surface area contributed by atoms with E-state index < -0.39 is 0 Å². The smallest absolute Gasteiger partial charge is 0.230 e. The predicted molar refractivity (Wildman–Crippen MR) is 92.6 cm³/mol. The van der Waals surface area contributed by atoms with Crippen LogP contribution in [0.15, 0.2) is 53.7 Å². The Hall–Kier alpha value is -2.27. The molecule has 0 radical (unpaired) electrons. The second-order valence-electron chi connectivity index (χ2n) is 5.79. The predicted octanol–water partition coefficient (Wildman–Crippen LogP) is 2.94. The maximum atomic E-state index is 12.2. The van der Waals surface area contributed by atoms with Crippen molar-refractivity contribution < 1.29 is 4.79 Å². The average molecular weight is 323 g/mol. The van der Waals surface area contributed by atoms with Crippen LogP contribution in [-0.2, 0) is 17.6 Å². The van der Waals surface area contributed by atoms with Crippen molar-refractivity contribution >= 4 is 28.7 Å². The fourth-order valence-electron chi connectivity index (χ4n) is 3.06. The van der Waals surface area contributed by atoms with E-state index in [4.69, 9.17) is 0 Å². The molecule has 0 saturated carbocycles. The Labute approximate surface area is 138 Å². The molecule has 0 atom stereocenters. The summed E-state index contributed by atoms with van der Waals surface area (Å²) in [4.78, 5) is 19.9. The van der Waals surface area contributed by atoms with Crippen LogP contribution >= 0.6 is 11.8 Å². The third-order valence-corrected chi connectivity index (χ3v) is 5.00. The molecular formula is C18H17N3OS. The molecule has 0 saturated heterocycles. The quantitative estimate of drug-likeness (QED) is 0.726. The second-order valence-corrected chi connectivity index (χ2v) is 6.75. The Bertz CT molecular complexity index is 800. The van der Waals surface area contributed by atoms with Gasteiger partial charge in [0.25, 0.3) is 0 Å². The standard InChI is InChI=1S/C18H17N3OS/c22-17(19-14-9-12-5-1-2-6-13(12)10-14)11-23-18-20-15-7-3-4-8-16(15)21-18/h1-8,14H,9-11H2,(H,19,22)(H,20,21). The highest BCUT2D eigenvalue weighted by Crippen LogP contribution is 2.22. The maximum Gasteiger partial charge on any atom is 0.230 e. The molecular weight excluding hydrogens is 306 g/mol. The molecule has 0 bridgehead atoms. The first-order valence-electron chi connectivity index (χ1n) is 7.71. The molecule has 1 aliphatic carbocycles. The number of hydrogen-bond donors (Lipinski definition) is 2. The van der Waals surface area contributed by atoms with E-state index in [0.29, 0.717) is 5.75 Å². The number of para-hydroxylation sites is 2. The van der Waals surface area contributed by atoms with Gasteiger partial charge in [-0.1, -0.05) is 48.2 Å². The van der Waals surface area contributed by atoms with Gasteiger partial charge in [-0.15, -0.1) is 0 Å². The normalized spacial score (nSPS) is 14.1. The van der Waals surface area contributed by atoms with Gasteiger partial charge in [0.05, 0.1) is 16.8 Å². The third kappa shape index (κ3) is 3.10. The van der Waals surface area contributed by atoms with E-state index in [2.05, 4.69) is 39.6 Å². The van der Waals surface area contributed by atoms with Crippen molar-refractivity contribution in [3.8, 4) is 0 Å². The summed E-state index contributed by atoms with van der Waals surface area (Å²) in [5, 5.41) is 3.92. The van der Waals surface area contributed by atoms with E-state index in [0.717, 1.165) is 29.0 Å². The van der Waals surface area contributed by atoms with Crippen LogP contribution in [0.4, 0.5) is 0 Å². The SMILES string of the molecule is O=C(CSc1nc2ccccc2[nH]1)NC1Cc2ccccc2C1. The lowest BCUT2D eigenvalue weighted by atomic mass is 10.1. The molecule has 116 valence electrons. The zero-order chi connectivity index (χ0) is 15.6. The lowest BCUT2D eigenvalue weighted by molar-refractivity contribution is -0.119. The van der Waals surface area contributed by atoms with Crippen molar-refractivity contribution in [3.63, 3.8) is 0 Å². The third-order valence-electron chi connectivity index (χ3n) is 4.12. The van der Waals surface area contributed by atoms with Crippen molar-refractivity contribution in [1.82, 2.24) is 15.3 Å². The average Bonchev–Trinajstić information content (AvgIpc) is 3.15. The second kappa shape index (κ2) is 6.08. The fourth-order valence-corrected chi connectivity index (χ4v) is 3.76. The number of nitrogens with one attached hydrogen (secondary N) is 2. The molecule has 1 heterocycles. The molecule has 0 aliphatic heterocycles. The molecule has 2 N–H and O–H groups in total. The van der Waals surface area contributed by atoms with Gasteiger partial charge in [-0.05, 0) is 36.1 Å². The zero-order valence-corrected chi connectivity index (χ0v) is 13.4. The molecule has 1 amide bonds. The molecule has 0 unspecified atom stereocenters. The minimum atomic E-state index is 0.0632. The number of H-pyrrole nitrogens is 1. The molecule has 5 heteroatoms. The number of fused-ring (bicyclic) bond motifs is 2. The molecule has 4 rings (SSSR count). The van der Waals surface area contributed by atoms with Crippen LogP contribution in [-0.4, -0.2) is 27.7 Å². The van der Waals surface area contributed by atoms with Crippen molar-refractivity contribution in [2.75, 3.05) is 5.75 Å². The van der Waals surface area contributed by atoms with Crippen LogP contribution in [0.2, 0.25) is 0 Å². The summed E-state index contributed by atoms with van der Waals surface area (Å²) < 4.78 is 0. The lowest BCUT2D eigenvalue weighted by Crippen LogP contribution is -2.36. The van der Waals surface area contributed by atoms with Crippen LogP contribution in [0.5, 0.6) is 0 Å². The first-order chi connectivity index (χ1) is 11.3. The number of carbonyl (C=O) groups is 1. The molecule has 0 spiro atoms. The monoisotopic (exact) mass is 323 g/mol. The minimum absolute atomic E-state index is 0.0632. The van der Waals surface area contributed by atoms with Gasteiger partial charge in [0.2, 0.25) is 5.91 Å². The van der Waals surface area contributed by atoms with Gasteiger partial charge >= 0.3 is 0 Å². The van der Waals surface area contributed by atoms with Crippen LogP contribution in [0, 0.1) is 0 Å². The van der Waals surface area contributed by atoms with Gasteiger partial charge in [0, 0.05) is 6.04 Å². The highest BCUT2D eigenvalue weighted by Gasteiger charge is 2.22. The summed E-state index contributed by atoms with van der Waals surface area (Å²) in [6, 6.07) is 16.5. The number of imidazole rings is 1. The summed E-state index contributed by atoms with van der Waals surface area (Å²) in [5.74, 6) is 0.445. The number of rotatable bonds is 4. The topological polar surface area (TPSA) is 57.8 Å². The van der Waals surface area contributed by atoms with Gasteiger partial charge in [-0.3, -0.25) is 4.79 Å². The molecule has 3 aromatic rings. The highest BCUT2D eigenvalue weighted by molar-refractivity contribution is 7.99. The van der Waals surface area contributed by atoms with E-state index in [9.17, 15) is 4.79 Å². The zero-order valence-electron chi connectivity index (χ0n) is 12.6. The Morgan fingerprint density at radius 3 is 2.57 bits per heavy atom. The van der Waals surface area contributed by atoms with Crippen LogP contribution < -0.4 is 5.32 Å². The van der Waals surface area contributed by atoms with E-state index >= 15 is 0 Å². The molecule has 23 heavy (non-hydrogen) atoms. The number of nitrogens with zero attached hydrogens (tertiary/aromatic N) is 1. The van der Waals surface area contributed by atoms with Gasteiger partial charge in [-0.25, -0.2) is 4.98 Å². The molecule has 1 aromatic heterocycles. The number of amides is 1. The number of thioether (sulfide) groups is 1. The molecule has 1 aliphatic rings. The summed E-state index contributed by atoms with van der Waals surface area (Å²) in [7, 11) is 0. The van der Waals surface area contributed by atoms with Crippen molar-refractivity contribution in [2.45, 2.75) is 24.0 Å². The largest absolute Gasteiger partial charge is 0.352 e. The van der Waals surface area contributed by atoms with E-state index in [1.54, 1.807) is 0 Å². The van der Waals surface area contributed by atoms with Crippen molar-refractivity contribution in [2.24, 2.45) is 0 Å². The maximum absolute atomic E-state index is 12.2. The van der Waals surface area contributed by atoms with Gasteiger partial charge in [0.15, 0.2) is 5.16 Å². The van der Waals surface area contributed by atoms with Gasteiger partial charge in [-0.2, -0.15) is 0 Å². The van der Waals surface area contributed by atoms with Crippen LogP contribution in [0.3, 0.4) is 0 Å². The number of benzene rings is 2.